The molecule has 1 unspecified atom stereocenters. The zero-order valence-corrected chi connectivity index (χ0v) is 24.2. The van der Waals surface area contributed by atoms with Crippen LogP contribution in [-0.2, 0) is 26.2 Å². The van der Waals surface area contributed by atoms with Gasteiger partial charge >= 0.3 is 0 Å². The van der Waals surface area contributed by atoms with Crippen molar-refractivity contribution in [1.29, 1.82) is 0 Å². The average molecular weight is 568 g/mol. The molecule has 0 aliphatic carbocycles. The minimum atomic E-state index is -4.18. The van der Waals surface area contributed by atoms with E-state index in [2.05, 4.69) is 5.32 Å². The Balaban J connectivity index is 2.10. The third kappa shape index (κ3) is 7.32. The summed E-state index contributed by atoms with van der Waals surface area (Å²) in [5.41, 5.74) is 0.969. The molecule has 0 aromatic heterocycles. The van der Waals surface area contributed by atoms with Gasteiger partial charge in [0.25, 0.3) is 10.0 Å². The highest BCUT2D eigenvalue weighted by atomic mass is 32.2. The summed E-state index contributed by atoms with van der Waals surface area (Å²) < 4.78 is 40.1. The third-order valence-electron chi connectivity index (χ3n) is 6.27. The highest BCUT2D eigenvalue weighted by molar-refractivity contribution is 7.92. The molecule has 0 bridgehead atoms. The van der Waals surface area contributed by atoms with Crippen LogP contribution in [0.3, 0.4) is 0 Å². The fourth-order valence-corrected chi connectivity index (χ4v) is 5.80. The van der Waals surface area contributed by atoms with E-state index in [1.807, 2.05) is 13.0 Å². The number of nitrogens with one attached hydrogen (secondary N) is 1. The van der Waals surface area contributed by atoms with Gasteiger partial charge in [0.05, 0.1) is 24.3 Å². The van der Waals surface area contributed by atoms with Crippen LogP contribution in [0.25, 0.3) is 0 Å². The van der Waals surface area contributed by atoms with E-state index < -0.39 is 28.5 Å². The van der Waals surface area contributed by atoms with Crippen LogP contribution in [0.4, 0.5) is 5.69 Å². The molecule has 0 radical (unpaired) electrons. The van der Waals surface area contributed by atoms with Gasteiger partial charge in [0.2, 0.25) is 11.8 Å². The molecule has 214 valence electrons. The molecule has 1 atom stereocenters. The van der Waals surface area contributed by atoms with Crippen molar-refractivity contribution in [2.24, 2.45) is 0 Å². The Kier molecular flexibility index (Phi) is 11.0. The summed E-state index contributed by atoms with van der Waals surface area (Å²) in [5.74, 6) is 0.0856. The van der Waals surface area contributed by atoms with Crippen molar-refractivity contribution in [1.82, 2.24) is 10.2 Å². The maximum Gasteiger partial charge on any atom is 0.264 e. The van der Waals surface area contributed by atoms with Crippen molar-refractivity contribution in [3.05, 3.63) is 84.4 Å². The summed E-state index contributed by atoms with van der Waals surface area (Å²) in [5, 5.41) is 2.80. The fraction of sp³-hybridized carbons (Fsp3) is 0.333. The first-order valence-electron chi connectivity index (χ1n) is 13.3. The van der Waals surface area contributed by atoms with Crippen LogP contribution >= 0.6 is 0 Å². The molecule has 0 fully saturated rings. The molecule has 3 rings (SSSR count). The first-order chi connectivity index (χ1) is 19.3. The number of carbonyl (C=O) groups excluding carboxylic acids is 2. The van der Waals surface area contributed by atoms with Crippen LogP contribution in [0.5, 0.6) is 11.5 Å². The lowest BCUT2D eigenvalue weighted by Gasteiger charge is -2.33. The fourth-order valence-electron chi connectivity index (χ4n) is 4.35. The molecule has 0 saturated carbocycles. The summed E-state index contributed by atoms with van der Waals surface area (Å²) in [6.07, 6.45) is 0.336. The number of sulfonamides is 1. The van der Waals surface area contributed by atoms with Gasteiger partial charge in [0.15, 0.2) is 0 Å². The van der Waals surface area contributed by atoms with Crippen molar-refractivity contribution < 1.29 is 27.5 Å². The van der Waals surface area contributed by atoms with Gasteiger partial charge in [-0.1, -0.05) is 49.4 Å². The highest BCUT2D eigenvalue weighted by Crippen LogP contribution is 2.33. The Labute approximate surface area is 236 Å². The molecule has 2 amide bonds. The van der Waals surface area contributed by atoms with Gasteiger partial charge in [0, 0.05) is 13.1 Å². The first kappa shape index (κ1) is 30.5. The number of amides is 2. The number of ether oxygens (including phenoxy) is 2. The number of benzene rings is 3. The zero-order valence-electron chi connectivity index (χ0n) is 23.4. The first-order valence-corrected chi connectivity index (χ1v) is 14.7. The van der Waals surface area contributed by atoms with Crippen LogP contribution < -0.4 is 19.1 Å². The number of hydrogen-bond acceptors (Lipinski definition) is 6. The quantitative estimate of drug-likeness (QED) is 0.313. The van der Waals surface area contributed by atoms with Crippen molar-refractivity contribution in [2.45, 2.75) is 44.7 Å². The number of likely N-dealkylation sites (N-methyl/N-ethyl adjacent to an activating group) is 1. The molecule has 1 N–H and O–H groups in total. The van der Waals surface area contributed by atoms with Gasteiger partial charge in [-0.05, 0) is 62.2 Å². The minimum absolute atomic E-state index is 0.0317. The maximum atomic E-state index is 14.1. The maximum absolute atomic E-state index is 14.1. The summed E-state index contributed by atoms with van der Waals surface area (Å²) in [6, 6.07) is 21.0. The van der Waals surface area contributed by atoms with Gasteiger partial charge < -0.3 is 19.7 Å². The molecule has 0 aliphatic heterocycles. The number of carbonyl (C=O) groups is 2. The molecular weight excluding hydrogens is 530 g/mol. The Hall–Kier alpha value is -4.05. The van der Waals surface area contributed by atoms with E-state index in [0.717, 1.165) is 9.87 Å². The summed E-state index contributed by atoms with van der Waals surface area (Å²) >= 11 is 0. The SMILES string of the molecule is CCNC(=O)C(CC)N(Cc1cccc(OC)c1)C(=O)CN(c1ccccc1OCC)S(=O)(=O)c1ccccc1. The molecule has 0 aliphatic rings. The smallest absolute Gasteiger partial charge is 0.264 e. The van der Waals surface area contributed by atoms with Crippen molar-refractivity contribution in [2.75, 3.05) is 31.1 Å². The van der Waals surface area contributed by atoms with Crippen molar-refractivity contribution >= 4 is 27.5 Å². The predicted octanol–water partition coefficient (Wildman–Crippen LogP) is 4.23. The second-order valence-electron chi connectivity index (χ2n) is 8.92. The van der Waals surface area contributed by atoms with E-state index in [1.165, 1.54) is 17.0 Å². The van der Waals surface area contributed by atoms with Crippen LogP contribution in [-0.4, -0.2) is 58.0 Å². The summed E-state index contributed by atoms with van der Waals surface area (Å²) in [4.78, 5) is 28.6. The van der Waals surface area contributed by atoms with Gasteiger partial charge in [-0.2, -0.15) is 0 Å². The molecule has 10 heteroatoms. The van der Waals surface area contributed by atoms with E-state index in [0.29, 0.717) is 31.1 Å². The number of hydrogen-bond donors (Lipinski definition) is 1. The number of nitrogens with zero attached hydrogens (tertiary/aromatic N) is 2. The molecule has 3 aromatic rings. The number of methoxy groups -OCH3 is 1. The average Bonchev–Trinajstić information content (AvgIpc) is 2.97. The molecule has 0 spiro atoms. The molecule has 40 heavy (non-hydrogen) atoms. The Morgan fingerprint density at radius 2 is 1.62 bits per heavy atom. The van der Waals surface area contributed by atoms with Gasteiger partial charge in [-0.25, -0.2) is 8.42 Å². The van der Waals surface area contributed by atoms with Gasteiger partial charge in [-0.3, -0.25) is 13.9 Å². The number of para-hydroxylation sites is 2. The standard InChI is InChI=1S/C30H37N3O6S/c1-5-26(30(35)31-6-2)32(21-23-14-13-15-24(20-23)38-4)29(34)22-33(27-18-11-12-19-28(27)39-7-3)40(36,37)25-16-9-8-10-17-25/h8-20,26H,5-7,21-22H2,1-4H3,(H,31,35). The predicted molar refractivity (Wildman–Crippen MR) is 155 cm³/mol. The van der Waals surface area contributed by atoms with Crippen LogP contribution in [0.2, 0.25) is 0 Å². The van der Waals surface area contributed by atoms with Gasteiger partial charge in [-0.15, -0.1) is 0 Å². The second kappa shape index (κ2) is 14.4. The van der Waals surface area contributed by atoms with E-state index in [-0.39, 0.29) is 23.0 Å². The van der Waals surface area contributed by atoms with Crippen molar-refractivity contribution in [3.63, 3.8) is 0 Å². The summed E-state index contributed by atoms with van der Waals surface area (Å²) in [7, 11) is -2.64. The molecule has 0 saturated heterocycles. The third-order valence-corrected chi connectivity index (χ3v) is 8.04. The lowest BCUT2D eigenvalue weighted by molar-refractivity contribution is -0.140. The van der Waals surface area contributed by atoms with Crippen LogP contribution in [0, 0.1) is 0 Å². The second-order valence-corrected chi connectivity index (χ2v) is 10.8. The van der Waals surface area contributed by atoms with E-state index in [4.69, 9.17) is 9.47 Å². The Morgan fingerprint density at radius 3 is 2.27 bits per heavy atom. The lowest BCUT2D eigenvalue weighted by atomic mass is 10.1. The lowest BCUT2D eigenvalue weighted by Crippen LogP contribution is -2.52. The molecule has 9 nitrogen and oxygen atoms in total. The zero-order chi connectivity index (χ0) is 29.1. The van der Waals surface area contributed by atoms with Crippen molar-refractivity contribution in [3.8, 4) is 11.5 Å². The normalized spacial score (nSPS) is 11.8. The Bertz CT molecular complexity index is 1380. The van der Waals surface area contributed by atoms with E-state index >= 15 is 0 Å². The highest BCUT2D eigenvalue weighted by Gasteiger charge is 2.34. The minimum Gasteiger partial charge on any atom is -0.497 e. The van der Waals surface area contributed by atoms with E-state index in [1.54, 1.807) is 81.6 Å². The Morgan fingerprint density at radius 1 is 0.925 bits per heavy atom. The number of anilines is 1. The summed E-state index contributed by atoms with van der Waals surface area (Å²) in [6.45, 7) is 5.66. The van der Waals surface area contributed by atoms with E-state index in [9.17, 15) is 18.0 Å². The number of rotatable bonds is 14. The van der Waals surface area contributed by atoms with Crippen LogP contribution in [0.15, 0.2) is 83.8 Å². The van der Waals surface area contributed by atoms with Crippen LogP contribution in [0.1, 0.15) is 32.8 Å². The van der Waals surface area contributed by atoms with Gasteiger partial charge in [0.1, 0.15) is 24.1 Å². The monoisotopic (exact) mass is 567 g/mol. The molecule has 3 aromatic carbocycles. The largest absolute Gasteiger partial charge is 0.497 e. The molecular formula is C30H37N3O6S. The molecule has 0 heterocycles. The topological polar surface area (TPSA) is 105 Å².